The molecule has 3 amide bonds. The van der Waals surface area contributed by atoms with Gasteiger partial charge in [-0.15, -0.1) is 0 Å². The molecule has 9 heteroatoms. The van der Waals surface area contributed by atoms with Crippen molar-refractivity contribution in [3.8, 4) is 0 Å². The molecule has 0 radical (unpaired) electrons. The molecule has 3 aromatic rings. The maximum atomic E-state index is 12.8. The van der Waals surface area contributed by atoms with Crippen molar-refractivity contribution < 1.29 is 14.4 Å². The van der Waals surface area contributed by atoms with Crippen LogP contribution in [-0.2, 0) is 22.7 Å². The Hall–Kier alpha value is -3.32. The summed E-state index contributed by atoms with van der Waals surface area (Å²) in [5.41, 5.74) is 3.60. The van der Waals surface area contributed by atoms with Gasteiger partial charge in [-0.1, -0.05) is 65.1 Å². The van der Waals surface area contributed by atoms with Crippen molar-refractivity contribution in [2.75, 3.05) is 5.32 Å². The van der Waals surface area contributed by atoms with Crippen LogP contribution in [-0.4, -0.2) is 22.6 Å². The second-order valence-corrected chi connectivity index (χ2v) is 9.23. The van der Waals surface area contributed by atoms with E-state index in [0.717, 1.165) is 21.6 Å². The van der Waals surface area contributed by atoms with Crippen LogP contribution in [0, 0.1) is 6.92 Å². The Labute approximate surface area is 217 Å². The van der Waals surface area contributed by atoms with Crippen molar-refractivity contribution in [1.82, 2.24) is 10.2 Å². The number of imide groups is 1. The SMILES string of the molecule is Cc1ccc(Cl)cc1NC(=O)c1ccc(CNC2=C(Cl)C(=O)N(Cc3ccc(Cl)cc3)C2=O)cc1. The van der Waals surface area contributed by atoms with Crippen LogP contribution in [0.15, 0.2) is 77.5 Å². The Morgan fingerprint density at radius 1 is 0.829 bits per heavy atom. The van der Waals surface area contributed by atoms with E-state index in [2.05, 4.69) is 10.6 Å². The van der Waals surface area contributed by atoms with Crippen molar-refractivity contribution in [1.29, 1.82) is 0 Å². The smallest absolute Gasteiger partial charge is 0.278 e. The molecular formula is C26H20Cl3N3O3. The predicted molar refractivity (Wildman–Crippen MR) is 137 cm³/mol. The highest BCUT2D eigenvalue weighted by Crippen LogP contribution is 2.25. The molecule has 0 saturated carbocycles. The second-order valence-electron chi connectivity index (χ2n) is 7.98. The number of aryl methyl sites for hydroxylation is 1. The van der Waals surface area contributed by atoms with Gasteiger partial charge in [0.1, 0.15) is 10.7 Å². The normalized spacial score (nSPS) is 13.4. The van der Waals surface area contributed by atoms with Gasteiger partial charge in [0.2, 0.25) is 0 Å². The average Bonchev–Trinajstić information content (AvgIpc) is 3.04. The van der Waals surface area contributed by atoms with Crippen LogP contribution < -0.4 is 10.6 Å². The van der Waals surface area contributed by atoms with Crippen LogP contribution in [0.5, 0.6) is 0 Å². The third-order valence-corrected chi connectivity index (χ3v) is 6.34. The van der Waals surface area contributed by atoms with Crippen LogP contribution >= 0.6 is 34.8 Å². The molecule has 0 bridgehead atoms. The number of nitrogens with one attached hydrogen (secondary N) is 2. The summed E-state index contributed by atoms with van der Waals surface area (Å²) in [6.45, 7) is 2.22. The third kappa shape index (κ3) is 5.68. The highest BCUT2D eigenvalue weighted by Gasteiger charge is 2.37. The van der Waals surface area contributed by atoms with Gasteiger partial charge in [0.05, 0.1) is 6.54 Å². The van der Waals surface area contributed by atoms with E-state index < -0.39 is 11.8 Å². The fourth-order valence-corrected chi connectivity index (χ4v) is 4.05. The van der Waals surface area contributed by atoms with Crippen LogP contribution in [0.4, 0.5) is 5.69 Å². The van der Waals surface area contributed by atoms with E-state index in [-0.39, 0.29) is 29.7 Å². The molecule has 0 spiro atoms. The van der Waals surface area contributed by atoms with Gasteiger partial charge in [0.15, 0.2) is 0 Å². The quantitative estimate of drug-likeness (QED) is 0.388. The van der Waals surface area contributed by atoms with E-state index in [9.17, 15) is 14.4 Å². The maximum absolute atomic E-state index is 12.8. The van der Waals surface area contributed by atoms with Gasteiger partial charge in [0, 0.05) is 27.8 Å². The van der Waals surface area contributed by atoms with Crippen LogP contribution in [0.25, 0.3) is 0 Å². The predicted octanol–water partition coefficient (Wildman–Crippen LogP) is 5.66. The van der Waals surface area contributed by atoms with E-state index in [1.165, 1.54) is 0 Å². The number of amides is 3. The molecule has 2 N–H and O–H groups in total. The lowest BCUT2D eigenvalue weighted by Gasteiger charge is -2.15. The maximum Gasteiger partial charge on any atom is 0.278 e. The molecule has 0 fully saturated rings. The Morgan fingerprint density at radius 3 is 2.14 bits per heavy atom. The first-order valence-corrected chi connectivity index (χ1v) is 11.8. The molecule has 178 valence electrons. The van der Waals surface area contributed by atoms with E-state index in [0.29, 0.717) is 21.3 Å². The minimum atomic E-state index is -0.558. The highest BCUT2D eigenvalue weighted by atomic mass is 35.5. The molecule has 35 heavy (non-hydrogen) atoms. The van der Waals surface area contributed by atoms with E-state index in [1.807, 2.05) is 13.0 Å². The first-order valence-electron chi connectivity index (χ1n) is 10.6. The van der Waals surface area contributed by atoms with E-state index in [4.69, 9.17) is 34.8 Å². The summed E-state index contributed by atoms with van der Waals surface area (Å²) in [6, 6.07) is 19.0. The minimum absolute atomic E-state index is 0.0453. The lowest BCUT2D eigenvalue weighted by Crippen LogP contribution is -2.33. The van der Waals surface area contributed by atoms with E-state index >= 15 is 0 Å². The lowest BCUT2D eigenvalue weighted by atomic mass is 10.1. The van der Waals surface area contributed by atoms with Crippen molar-refractivity contribution >= 4 is 58.2 Å². The van der Waals surface area contributed by atoms with Gasteiger partial charge in [-0.05, 0) is 60.0 Å². The van der Waals surface area contributed by atoms with Crippen LogP contribution in [0.2, 0.25) is 10.0 Å². The first kappa shape index (κ1) is 24.8. The zero-order valence-electron chi connectivity index (χ0n) is 18.6. The monoisotopic (exact) mass is 527 g/mol. The molecule has 1 aliphatic heterocycles. The van der Waals surface area contributed by atoms with Crippen molar-refractivity contribution in [2.24, 2.45) is 0 Å². The molecule has 0 aromatic heterocycles. The van der Waals surface area contributed by atoms with Crippen LogP contribution in [0.3, 0.4) is 0 Å². The van der Waals surface area contributed by atoms with Crippen molar-refractivity contribution in [3.63, 3.8) is 0 Å². The summed E-state index contributed by atoms with van der Waals surface area (Å²) < 4.78 is 0. The molecule has 6 nitrogen and oxygen atoms in total. The molecule has 0 saturated heterocycles. The molecule has 3 aromatic carbocycles. The Balaban J connectivity index is 1.38. The number of carbonyl (C=O) groups is 3. The Bertz CT molecular complexity index is 1340. The Morgan fingerprint density at radius 2 is 1.46 bits per heavy atom. The fraction of sp³-hybridized carbons (Fsp3) is 0.115. The number of rotatable bonds is 7. The third-order valence-electron chi connectivity index (χ3n) is 5.50. The van der Waals surface area contributed by atoms with Gasteiger partial charge in [-0.3, -0.25) is 19.3 Å². The molecule has 4 rings (SSSR count). The van der Waals surface area contributed by atoms with Crippen LogP contribution in [0.1, 0.15) is 27.0 Å². The van der Waals surface area contributed by atoms with Gasteiger partial charge in [0.25, 0.3) is 17.7 Å². The first-order chi connectivity index (χ1) is 16.7. The second kappa shape index (κ2) is 10.5. The zero-order chi connectivity index (χ0) is 25.1. The topological polar surface area (TPSA) is 78.5 Å². The number of hydrogen-bond donors (Lipinski definition) is 2. The van der Waals surface area contributed by atoms with E-state index in [1.54, 1.807) is 60.7 Å². The molecular weight excluding hydrogens is 509 g/mol. The molecule has 0 unspecified atom stereocenters. The summed E-state index contributed by atoms with van der Waals surface area (Å²) in [7, 11) is 0. The largest absolute Gasteiger partial charge is 0.375 e. The summed E-state index contributed by atoms with van der Waals surface area (Å²) in [5, 5.41) is 6.75. The average molecular weight is 529 g/mol. The molecule has 1 aliphatic rings. The molecule has 0 atom stereocenters. The van der Waals surface area contributed by atoms with Gasteiger partial charge in [-0.25, -0.2) is 0 Å². The van der Waals surface area contributed by atoms with Crippen molar-refractivity contribution in [2.45, 2.75) is 20.0 Å². The van der Waals surface area contributed by atoms with Gasteiger partial charge < -0.3 is 10.6 Å². The van der Waals surface area contributed by atoms with Crippen molar-refractivity contribution in [3.05, 3.63) is 110 Å². The summed E-state index contributed by atoms with van der Waals surface area (Å²) >= 11 is 18.1. The number of carbonyl (C=O) groups excluding carboxylic acids is 3. The fourth-order valence-electron chi connectivity index (χ4n) is 3.50. The number of halogens is 3. The standard InChI is InChI=1S/C26H20Cl3N3O3/c1-15-2-9-20(28)12-21(15)31-24(33)18-7-3-16(4-8-18)13-30-23-22(29)25(34)32(26(23)35)14-17-5-10-19(27)11-6-17/h2-12,30H,13-14H2,1H3,(H,31,33). The molecule has 0 aliphatic carbocycles. The number of hydrogen-bond acceptors (Lipinski definition) is 4. The zero-order valence-corrected chi connectivity index (χ0v) is 20.8. The summed E-state index contributed by atoms with van der Waals surface area (Å²) in [6.07, 6.45) is 0. The molecule has 1 heterocycles. The minimum Gasteiger partial charge on any atom is -0.375 e. The summed E-state index contributed by atoms with van der Waals surface area (Å²) in [5.74, 6) is -1.32. The van der Waals surface area contributed by atoms with Gasteiger partial charge >= 0.3 is 0 Å². The Kier molecular flexibility index (Phi) is 7.45. The van der Waals surface area contributed by atoms with Gasteiger partial charge in [-0.2, -0.15) is 0 Å². The summed E-state index contributed by atoms with van der Waals surface area (Å²) in [4.78, 5) is 39.0. The number of nitrogens with zero attached hydrogens (tertiary/aromatic N) is 1. The number of benzene rings is 3. The number of anilines is 1. The lowest BCUT2D eigenvalue weighted by molar-refractivity contribution is -0.138. The highest BCUT2D eigenvalue weighted by molar-refractivity contribution is 6.47.